The van der Waals surface area contributed by atoms with Crippen molar-refractivity contribution in [3.8, 4) is 5.82 Å². The van der Waals surface area contributed by atoms with Crippen LogP contribution in [0.2, 0.25) is 0 Å². The summed E-state index contributed by atoms with van der Waals surface area (Å²) >= 11 is 0. The molecule has 126 valence electrons. The second kappa shape index (κ2) is 6.74. The molecule has 0 unspecified atom stereocenters. The summed E-state index contributed by atoms with van der Waals surface area (Å²) in [6, 6.07) is 7.06. The first-order valence-corrected chi connectivity index (χ1v) is 7.14. The van der Waals surface area contributed by atoms with E-state index in [4.69, 9.17) is 0 Å². The summed E-state index contributed by atoms with van der Waals surface area (Å²) in [6.07, 6.45) is 6.62. The summed E-state index contributed by atoms with van der Waals surface area (Å²) in [5, 5.41) is 24.8. The van der Waals surface area contributed by atoms with E-state index < -0.39 is 9.85 Å². The molecule has 3 aromatic rings. The molecule has 25 heavy (non-hydrogen) atoms. The SMILES string of the molecule is O=[N+]([O-])c1ccc(NCc2ccnc(-n3ccnc3)c2)c([N+](=O)[O-])c1. The predicted octanol–water partition coefficient (Wildman–Crippen LogP) is 2.70. The molecule has 0 spiro atoms. The van der Waals surface area contributed by atoms with Gasteiger partial charge < -0.3 is 5.32 Å². The summed E-state index contributed by atoms with van der Waals surface area (Å²) in [5.74, 6) is 0.662. The topological polar surface area (TPSA) is 129 Å². The van der Waals surface area contributed by atoms with Gasteiger partial charge in [0.05, 0.1) is 15.9 Å². The van der Waals surface area contributed by atoms with Crippen molar-refractivity contribution in [2.45, 2.75) is 6.54 Å². The van der Waals surface area contributed by atoms with E-state index in [1.165, 1.54) is 12.1 Å². The quantitative estimate of drug-likeness (QED) is 0.539. The summed E-state index contributed by atoms with van der Waals surface area (Å²) in [6.45, 7) is 0.295. The molecule has 0 saturated carbocycles. The highest BCUT2D eigenvalue weighted by Crippen LogP contribution is 2.29. The number of pyridine rings is 1. The Morgan fingerprint density at radius 3 is 2.60 bits per heavy atom. The smallest absolute Gasteiger partial charge is 0.299 e. The van der Waals surface area contributed by atoms with E-state index in [9.17, 15) is 20.2 Å². The second-order valence-electron chi connectivity index (χ2n) is 5.06. The first kappa shape index (κ1) is 16.1. The van der Waals surface area contributed by atoms with E-state index in [0.29, 0.717) is 12.4 Å². The van der Waals surface area contributed by atoms with Crippen LogP contribution in [0.5, 0.6) is 0 Å². The van der Waals surface area contributed by atoms with Crippen molar-refractivity contribution in [3.05, 3.63) is 81.0 Å². The minimum Gasteiger partial charge on any atom is -0.375 e. The number of nitrogens with zero attached hydrogens (tertiary/aromatic N) is 5. The molecule has 0 amide bonds. The monoisotopic (exact) mass is 340 g/mol. The summed E-state index contributed by atoms with van der Waals surface area (Å²) in [4.78, 5) is 28.8. The zero-order valence-electron chi connectivity index (χ0n) is 12.8. The van der Waals surface area contributed by atoms with Gasteiger partial charge in [-0.25, -0.2) is 9.97 Å². The molecule has 2 aromatic heterocycles. The molecule has 0 aliphatic rings. The van der Waals surface area contributed by atoms with Crippen molar-refractivity contribution in [2.24, 2.45) is 0 Å². The van der Waals surface area contributed by atoms with Gasteiger partial charge in [-0.1, -0.05) is 0 Å². The van der Waals surface area contributed by atoms with E-state index in [1.54, 1.807) is 35.6 Å². The van der Waals surface area contributed by atoms with E-state index in [0.717, 1.165) is 11.6 Å². The van der Waals surface area contributed by atoms with Gasteiger partial charge >= 0.3 is 0 Å². The van der Waals surface area contributed by atoms with E-state index in [2.05, 4.69) is 15.3 Å². The van der Waals surface area contributed by atoms with Crippen molar-refractivity contribution in [1.29, 1.82) is 0 Å². The van der Waals surface area contributed by atoms with Crippen LogP contribution >= 0.6 is 0 Å². The van der Waals surface area contributed by atoms with Crippen LogP contribution in [0.4, 0.5) is 17.1 Å². The molecular weight excluding hydrogens is 328 g/mol. The number of aromatic nitrogens is 3. The van der Waals surface area contributed by atoms with Gasteiger partial charge in [-0.3, -0.25) is 24.8 Å². The van der Waals surface area contributed by atoms with Crippen LogP contribution in [-0.4, -0.2) is 24.4 Å². The Morgan fingerprint density at radius 2 is 1.92 bits per heavy atom. The van der Waals surface area contributed by atoms with Crippen LogP contribution in [-0.2, 0) is 6.54 Å². The van der Waals surface area contributed by atoms with Gasteiger partial charge in [0.1, 0.15) is 17.8 Å². The lowest BCUT2D eigenvalue weighted by atomic mass is 10.2. The lowest BCUT2D eigenvalue weighted by molar-refractivity contribution is -0.393. The van der Waals surface area contributed by atoms with Gasteiger partial charge in [0.25, 0.3) is 11.4 Å². The molecule has 10 heteroatoms. The van der Waals surface area contributed by atoms with Gasteiger partial charge in [0.15, 0.2) is 0 Å². The van der Waals surface area contributed by atoms with Gasteiger partial charge in [-0.2, -0.15) is 0 Å². The van der Waals surface area contributed by atoms with Crippen molar-refractivity contribution in [3.63, 3.8) is 0 Å². The van der Waals surface area contributed by atoms with Crippen LogP contribution in [0.15, 0.2) is 55.2 Å². The third-order valence-electron chi connectivity index (χ3n) is 3.45. The van der Waals surface area contributed by atoms with E-state index >= 15 is 0 Å². The lowest BCUT2D eigenvalue weighted by Gasteiger charge is -2.08. The maximum atomic E-state index is 11.1. The van der Waals surface area contributed by atoms with Crippen LogP contribution in [0, 0.1) is 20.2 Å². The molecule has 0 aliphatic carbocycles. The minimum atomic E-state index is -0.670. The zero-order valence-corrected chi connectivity index (χ0v) is 12.8. The number of imidazole rings is 1. The number of nitrogens with one attached hydrogen (secondary N) is 1. The number of anilines is 1. The zero-order chi connectivity index (χ0) is 17.8. The molecule has 0 radical (unpaired) electrons. The molecule has 0 saturated heterocycles. The largest absolute Gasteiger partial charge is 0.375 e. The first-order chi connectivity index (χ1) is 12.0. The Labute approximate surface area is 141 Å². The number of benzene rings is 1. The maximum absolute atomic E-state index is 11.1. The standard InChI is InChI=1S/C15H12N6O4/c22-20(23)12-1-2-13(14(8-12)21(24)25)18-9-11-3-4-17-15(7-11)19-6-5-16-10-19/h1-8,10,18H,9H2. The highest BCUT2D eigenvalue weighted by molar-refractivity contribution is 5.65. The van der Waals surface area contributed by atoms with Gasteiger partial charge in [0.2, 0.25) is 0 Å². The molecule has 10 nitrogen and oxygen atoms in total. The molecule has 2 heterocycles. The van der Waals surface area contributed by atoms with Crippen LogP contribution in [0.25, 0.3) is 5.82 Å². The molecule has 3 rings (SSSR count). The molecule has 1 aromatic carbocycles. The van der Waals surface area contributed by atoms with Gasteiger partial charge in [-0.05, 0) is 23.8 Å². The molecule has 0 fully saturated rings. The van der Waals surface area contributed by atoms with Crippen molar-refractivity contribution in [2.75, 3.05) is 5.32 Å². The van der Waals surface area contributed by atoms with Gasteiger partial charge in [-0.15, -0.1) is 0 Å². The third kappa shape index (κ3) is 3.58. The lowest BCUT2D eigenvalue weighted by Crippen LogP contribution is -2.04. The normalized spacial score (nSPS) is 10.4. The van der Waals surface area contributed by atoms with Crippen LogP contribution in [0.3, 0.4) is 0 Å². The Kier molecular flexibility index (Phi) is 4.33. The molecule has 0 atom stereocenters. The predicted molar refractivity (Wildman–Crippen MR) is 88.4 cm³/mol. The summed E-state index contributed by atoms with van der Waals surface area (Å²) < 4.78 is 1.73. The fraction of sp³-hybridized carbons (Fsp3) is 0.0667. The average molecular weight is 340 g/mol. The fourth-order valence-electron chi connectivity index (χ4n) is 2.24. The van der Waals surface area contributed by atoms with Crippen molar-refractivity contribution < 1.29 is 9.85 Å². The highest BCUT2D eigenvalue weighted by Gasteiger charge is 2.19. The number of rotatable bonds is 6. The number of hydrogen-bond acceptors (Lipinski definition) is 7. The molecule has 1 N–H and O–H groups in total. The molecule has 0 aliphatic heterocycles. The molecular formula is C15H12N6O4. The van der Waals surface area contributed by atoms with E-state index in [1.807, 2.05) is 6.07 Å². The highest BCUT2D eigenvalue weighted by atomic mass is 16.6. The summed E-state index contributed by atoms with van der Waals surface area (Å²) in [5.41, 5.74) is 0.365. The number of nitro groups is 2. The number of hydrogen-bond donors (Lipinski definition) is 1. The minimum absolute atomic E-state index is 0.205. The van der Waals surface area contributed by atoms with Crippen LogP contribution in [0.1, 0.15) is 5.56 Å². The Morgan fingerprint density at radius 1 is 1.08 bits per heavy atom. The number of non-ortho nitro benzene ring substituents is 1. The maximum Gasteiger partial charge on any atom is 0.299 e. The number of nitro benzene ring substituents is 2. The molecule has 0 bridgehead atoms. The first-order valence-electron chi connectivity index (χ1n) is 7.14. The Hall–Kier alpha value is -3.82. The Balaban J connectivity index is 1.81. The summed E-state index contributed by atoms with van der Waals surface area (Å²) in [7, 11) is 0. The van der Waals surface area contributed by atoms with Crippen LogP contribution < -0.4 is 5.32 Å². The fourth-order valence-corrected chi connectivity index (χ4v) is 2.24. The average Bonchev–Trinajstić information content (AvgIpc) is 3.14. The van der Waals surface area contributed by atoms with Crippen molar-refractivity contribution in [1.82, 2.24) is 14.5 Å². The second-order valence-corrected chi connectivity index (χ2v) is 5.06. The van der Waals surface area contributed by atoms with E-state index in [-0.39, 0.29) is 17.1 Å². The van der Waals surface area contributed by atoms with Crippen molar-refractivity contribution >= 4 is 17.1 Å². The third-order valence-corrected chi connectivity index (χ3v) is 3.45. The van der Waals surface area contributed by atoms with Gasteiger partial charge in [0, 0.05) is 31.2 Å². The Bertz CT molecular complexity index is 926.